The van der Waals surface area contributed by atoms with Crippen molar-refractivity contribution < 1.29 is 13.2 Å². The zero-order valence-corrected chi connectivity index (χ0v) is 17.2. The summed E-state index contributed by atoms with van der Waals surface area (Å²) in [6, 6.07) is 4.96. The third kappa shape index (κ3) is 5.22. The van der Waals surface area contributed by atoms with Crippen LogP contribution in [0.3, 0.4) is 0 Å². The van der Waals surface area contributed by atoms with Gasteiger partial charge in [0.05, 0.1) is 11.9 Å². The molecule has 0 saturated heterocycles. The lowest BCUT2D eigenvalue weighted by Gasteiger charge is -2.31. The summed E-state index contributed by atoms with van der Waals surface area (Å²) in [5, 5.41) is 3.11. The van der Waals surface area contributed by atoms with Crippen LogP contribution in [0.1, 0.15) is 63.0 Å². The average molecular weight is 381 g/mol. The van der Waals surface area contributed by atoms with E-state index in [0.717, 1.165) is 36.8 Å². The van der Waals surface area contributed by atoms with Crippen LogP contribution in [0.4, 0.5) is 5.69 Å². The molecule has 1 N–H and O–H groups in total. The van der Waals surface area contributed by atoms with E-state index in [-0.39, 0.29) is 11.9 Å². The molecule has 1 fully saturated rings. The number of benzene rings is 1. The normalized spacial score (nSPS) is 17.4. The summed E-state index contributed by atoms with van der Waals surface area (Å²) in [6.07, 6.45) is 8.21. The van der Waals surface area contributed by atoms with Crippen molar-refractivity contribution in [1.82, 2.24) is 5.32 Å². The van der Waals surface area contributed by atoms with Crippen molar-refractivity contribution in [3.05, 3.63) is 29.3 Å². The van der Waals surface area contributed by atoms with E-state index < -0.39 is 16.1 Å². The maximum atomic E-state index is 13.0. The number of nitrogens with zero attached hydrogens (tertiary/aromatic N) is 1. The molecule has 146 valence electrons. The Morgan fingerprint density at radius 2 is 1.77 bits per heavy atom. The SMILES string of the molecule is CCC(C(=O)NC1CCCCCC1)N(c1ccc(C)c(C)c1)S(C)(=O)=O. The molecule has 0 aromatic heterocycles. The van der Waals surface area contributed by atoms with Crippen LogP contribution >= 0.6 is 0 Å². The molecule has 0 bridgehead atoms. The minimum atomic E-state index is -3.58. The summed E-state index contributed by atoms with van der Waals surface area (Å²) >= 11 is 0. The van der Waals surface area contributed by atoms with Gasteiger partial charge in [0.2, 0.25) is 15.9 Å². The van der Waals surface area contributed by atoms with E-state index in [9.17, 15) is 13.2 Å². The van der Waals surface area contributed by atoms with Crippen LogP contribution in [-0.2, 0) is 14.8 Å². The maximum Gasteiger partial charge on any atom is 0.244 e. The van der Waals surface area contributed by atoms with Gasteiger partial charge in [0.15, 0.2) is 0 Å². The van der Waals surface area contributed by atoms with Crippen LogP contribution in [0, 0.1) is 13.8 Å². The van der Waals surface area contributed by atoms with E-state index in [1.807, 2.05) is 32.9 Å². The number of carbonyl (C=O) groups is 1. The van der Waals surface area contributed by atoms with Gasteiger partial charge in [0, 0.05) is 6.04 Å². The third-order valence-electron chi connectivity index (χ3n) is 5.28. The van der Waals surface area contributed by atoms with E-state index in [0.29, 0.717) is 12.1 Å². The summed E-state index contributed by atoms with van der Waals surface area (Å²) in [4.78, 5) is 13.0. The monoisotopic (exact) mass is 380 g/mol. The van der Waals surface area contributed by atoms with Gasteiger partial charge in [-0.2, -0.15) is 0 Å². The fourth-order valence-corrected chi connectivity index (χ4v) is 4.85. The Kier molecular flexibility index (Phi) is 7.09. The molecular weight excluding hydrogens is 348 g/mol. The molecule has 1 atom stereocenters. The van der Waals surface area contributed by atoms with Gasteiger partial charge in [-0.25, -0.2) is 8.42 Å². The number of hydrogen-bond donors (Lipinski definition) is 1. The molecule has 1 amide bonds. The Hall–Kier alpha value is -1.56. The molecule has 1 aliphatic rings. The van der Waals surface area contributed by atoms with Gasteiger partial charge in [-0.15, -0.1) is 0 Å². The lowest BCUT2D eigenvalue weighted by atomic mass is 10.1. The van der Waals surface area contributed by atoms with Crippen LogP contribution in [0.25, 0.3) is 0 Å². The summed E-state index contributed by atoms with van der Waals surface area (Å²) in [7, 11) is -3.58. The van der Waals surface area contributed by atoms with Crippen LogP contribution in [0.15, 0.2) is 18.2 Å². The summed E-state index contributed by atoms with van der Waals surface area (Å²) in [6.45, 7) is 5.79. The van der Waals surface area contributed by atoms with Gasteiger partial charge < -0.3 is 5.32 Å². The second kappa shape index (κ2) is 8.89. The van der Waals surface area contributed by atoms with Gasteiger partial charge in [0.1, 0.15) is 6.04 Å². The first-order valence-electron chi connectivity index (χ1n) is 9.61. The lowest BCUT2D eigenvalue weighted by Crippen LogP contribution is -2.51. The van der Waals surface area contributed by atoms with Crippen LogP contribution in [-0.4, -0.2) is 32.7 Å². The zero-order valence-electron chi connectivity index (χ0n) is 16.4. The predicted octanol–water partition coefficient (Wildman–Crippen LogP) is 3.69. The van der Waals surface area contributed by atoms with E-state index in [2.05, 4.69) is 5.32 Å². The van der Waals surface area contributed by atoms with Crippen LogP contribution < -0.4 is 9.62 Å². The fraction of sp³-hybridized carbons (Fsp3) is 0.650. The first-order chi connectivity index (χ1) is 12.2. The van der Waals surface area contributed by atoms with E-state index >= 15 is 0 Å². The number of carbonyl (C=O) groups excluding carboxylic acids is 1. The number of aryl methyl sites for hydroxylation is 2. The summed E-state index contributed by atoms with van der Waals surface area (Å²) < 4.78 is 26.3. The molecule has 1 aromatic carbocycles. The number of hydrogen-bond acceptors (Lipinski definition) is 3. The molecule has 0 aliphatic heterocycles. The minimum absolute atomic E-state index is 0.153. The second-order valence-corrected chi connectivity index (χ2v) is 9.31. The molecule has 1 saturated carbocycles. The minimum Gasteiger partial charge on any atom is -0.352 e. The van der Waals surface area contributed by atoms with Gasteiger partial charge in [0.25, 0.3) is 0 Å². The van der Waals surface area contributed by atoms with E-state index in [1.54, 1.807) is 6.07 Å². The molecule has 0 spiro atoms. The van der Waals surface area contributed by atoms with Crippen molar-refractivity contribution in [1.29, 1.82) is 0 Å². The molecule has 1 unspecified atom stereocenters. The fourth-order valence-electron chi connectivity index (χ4n) is 3.64. The van der Waals surface area contributed by atoms with Gasteiger partial charge in [-0.05, 0) is 56.4 Å². The van der Waals surface area contributed by atoms with Gasteiger partial charge in [-0.3, -0.25) is 9.10 Å². The summed E-state index contributed by atoms with van der Waals surface area (Å²) in [5.41, 5.74) is 2.66. The van der Waals surface area contributed by atoms with E-state index in [1.165, 1.54) is 23.4 Å². The Morgan fingerprint density at radius 3 is 2.27 bits per heavy atom. The number of sulfonamides is 1. The highest BCUT2D eigenvalue weighted by molar-refractivity contribution is 7.92. The molecule has 6 heteroatoms. The molecule has 2 rings (SSSR count). The highest BCUT2D eigenvalue weighted by Gasteiger charge is 2.32. The standard InChI is InChI=1S/C20H32N2O3S/c1-5-19(20(23)21-17-10-8-6-7-9-11-17)22(26(4,24)25)18-13-12-15(2)16(3)14-18/h12-14,17,19H,5-11H2,1-4H3,(H,21,23). The molecule has 5 nitrogen and oxygen atoms in total. The molecule has 0 heterocycles. The van der Waals surface area contributed by atoms with Crippen molar-refractivity contribution in [2.45, 2.75) is 77.8 Å². The number of rotatable bonds is 6. The predicted molar refractivity (Wildman–Crippen MR) is 107 cm³/mol. The van der Waals surface area contributed by atoms with Crippen molar-refractivity contribution >= 4 is 21.6 Å². The Balaban J connectivity index is 2.28. The Labute approximate surface area is 158 Å². The smallest absolute Gasteiger partial charge is 0.244 e. The molecule has 0 radical (unpaired) electrons. The van der Waals surface area contributed by atoms with Crippen molar-refractivity contribution in [3.8, 4) is 0 Å². The lowest BCUT2D eigenvalue weighted by molar-refractivity contribution is -0.123. The van der Waals surface area contributed by atoms with Crippen molar-refractivity contribution in [2.75, 3.05) is 10.6 Å². The average Bonchev–Trinajstić information content (AvgIpc) is 2.82. The van der Waals surface area contributed by atoms with Crippen LogP contribution in [0.5, 0.6) is 0 Å². The van der Waals surface area contributed by atoms with E-state index in [4.69, 9.17) is 0 Å². The number of amides is 1. The highest BCUT2D eigenvalue weighted by atomic mass is 32.2. The second-order valence-electron chi connectivity index (χ2n) is 7.45. The van der Waals surface area contributed by atoms with Crippen molar-refractivity contribution in [3.63, 3.8) is 0 Å². The largest absolute Gasteiger partial charge is 0.352 e. The Bertz CT molecular complexity index is 723. The first kappa shape index (κ1) is 20.7. The number of nitrogens with one attached hydrogen (secondary N) is 1. The topological polar surface area (TPSA) is 66.5 Å². The first-order valence-corrected chi connectivity index (χ1v) is 11.5. The molecule has 1 aliphatic carbocycles. The number of anilines is 1. The van der Waals surface area contributed by atoms with Gasteiger partial charge in [-0.1, -0.05) is 38.7 Å². The molecule has 1 aromatic rings. The van der Waals surface area contributed by atoms with Gasteiger partial charge >= 0.3 is 0 Å². The maximum absolute atomic E-state index is 13.0. The highest BCUT2D eigenvalue weighted by Crippen LogP contribution is 2.25. The zero-order chi connectivity index (χ0) is 19.3. The Morgan fingerprint density at radius 1 is 1.15 bits per heavy atom. The van der Waals surface area contributed by atoms with Crippen LogP contribution in [0.2, 0.25) is 0 Å². The third-order valence-corrected chi connectivity index (χ3v) is 6.46. The quantitative estimate of drug-likeness (QED) is 0.766. The molecule has 26 heavy (non-hydrogen) atoms. The summed E-state index contributed by atoms with van der Waals surface area (Å²) in [5.74, 6) is -0.192. The molecular formula is C20H32N2O3S. The van der Waals surface area contributed by atoms with Crippen molar-refractivity contribution in [2.24, 2.45) is 0 Å².